The fraction of sp³-hybridized carbons (Fsp3) is 0.609. The van der Waals surface area contributed by atoms with Gasteiger partial charge in [0, 0.05) is 17.8 Å². The summed E-state index contributed by atoms with van der Waals surface area (Å²) in [7, 11) is 0. The summed E-state index contributed by atoms with van der Waals surface area (Å²) >= 11 is 0. The number of hydrogen-bond donors (Lipinski definition) is 5. The van der Waals surface area contributed by atoms with Gasteiger partial charge in [-0.15, -0.1) is 0 Å². The molecule has 0 fully saturated rings. The van der Waals surface area contributed by atoms with Crippen molar-refractivity contribution in [1.82, 2.24) is 16.0 Å². The van der Waals surface area contributed by atoms with Gasteiger partial charge in [-0.2, -0.15) is 0 Å². The number of nitrogens with one attached hydrogen (secondary N) is 4. The number of amides is 4. The van der Waals surface area contributed by atoms with E-state index in [1.807, 2.05) is 45.0 Å². The zero-order chi connectivity index (χ0) is 23.8. The van der Waals surface area contributed by atoms with Gasteiger partial charge >= 0.3 is 6.03 Å². The van der Waals surface area contributed by atoms with Crippen molar-refractivity contribution in [2.24, 2.45) is 5.73 Å². The Bertz CT molecular complexity index is 748. The van der Waals surface area contributed by atoms with Gasteiger partial charge in [0.1, 0.15) is 6.04 Å². The molecular formula is C23H39N5O3. The van der Waals surface area contributed by atoms with Crippen molar-refractivity contribution < 1.29 is 14.4 Å². The third-order valence-electron chi connectivity index (χ3n) is 4.66. The van der Waals surface area contributed by atoms with E-state index >= 15 is 0 Å². The summed E-state index contributed by atoms with van der Waals surface area (Å²) in [5.41, 5.74) is 6.68. The quantitative estimate of drug-likeness (QED) is 0.384. The number of hydrogen-bond acceptors (Lipinski definition) is 4. The Morgan fingerprint density at radius 1 is 0.968 bits per heavy atom. The average molecular weight is 434 g/mol. The van der Waals surface area contributed by atoms with E-state index in [0.29, 0.717) is 25.1 Å². The van der Waals surface area contributed by atoms with Crippen LogP contribution in [0.1, 0.15) is 66.9 Å². The van der Waals surface area contributed by atoms with Crippen molar-refractivity contribution in [2.45, 2.75) is 84.3 Å². The van der Waals surface area contributed by atoms with Crippen LogP contribution >= 0.6 is 0 Å². The molecule has 0 radical (unpaired) electrons. The highest BCUT2D eigenvalue weighted by Gasteiger charge is 2.25. The molecule has 0 aliphatic heterocycles. The number of nitrogens with two attached hydrogens (primary N) is 1. The molecule has 2 atom stereocenters. The normalized spacial score (nSPS) is 13.8. The monoisotopic (exact) mass is 433 g/mol. The zero-order valence-corrected chi connectivity index (χ0v) is 19.9. The molecule has 0 spiro atoms. The molecule has 0 aliphatic carbocycles. The first-order valence-electron chi connectivity index (χ1n) is 10.7. The van der Waals surface area contributed by atoms with Crippen LogP contribution in [-0.4, -0.2) is 42.0 Å². The summed E-state index contributed by atoms with van der Waals surface area (Å²) in [6.45, 7) is 14.4. The third-order valence-corrected chi connectivity index (χ3v) is 4.66. The molecule has 0 unspecified atom stereocenters. The van der Waals surface area contributed by atoms with Gasteiger partial charge in [0.05, 0.1) is 6.04 Å². The van der Waals surface area contributed by atoms with E-state index in [2.05, 4.69) is 42.0 Å². The Morgan fingerprint density at radius 2 is 1.55 bits per heavy atom. The predicted octanol–water partition coefficient (Wildman–Crippen LogP) is 2.63. The molecule has 0 saturated heterocycles. The molecular weight excluding hydrogens is 394 g/mol. The van der Waals surface area contributed by atoms with E-state index in [-0.39, 0.29) is 22.8 Å². The van der Waals surface area contributed by atoms with E-state index in [0.717, 1.165) is 5.56 Å². The molecule has 8 nitrogen and oxygen atoms in total. The minimum absolute atomic E-state index is 0.0165. The van der Waals surface area contributed by atoms with Crippen LogP contribution in [-0.2, 0) is 15.0 Å². The molecule has 6 N–H and O–H groups in total. The minimum atomic E-state index is -0.742. The summed E-state index contributed by atoms with van der Waals surface area (Å²) < 4.78 is 0. The fourth-order valence-electron chi connectivity index (χ4n) is 3.08. The lowest BCUT2D eigenvalue weighted by molar-refractivity contribution is -0.128. The standard InChI is InChI=1S/C23H39N5O3/c1-15(28-23(5,6)7)19(29)27-18(9-8-14-25-21(24)31)20(30)26-17-12-10-16(11-13-17)22(2,3)4/h10-13,15,18,28H,8-9,14H2,1-7H3,(H,26,30)(H,27,29)(H3,24,25,31)/t15-,18-/m0/s1. The smallest absolute Gasteiger partial charge is 0.312 e. The Balaban J connectivity index is 2.84. The van der Waals surface area contributed by atoms with E-state index in [1.54, 1.807) is 6.92 Å². The molecule has 0 aliphatic rings. The molecule has 0 bridgehead atoms. The van der Waals surface area contributed by atoms with Crippen LogP contribution < -0.4 is 27.0 Å². The van der Waals surface area contributed by atoms with Crippen LogP contribution in [0, 0.1) is 0 Å². The number of benzene rings is 1. The molecule has 1 aromatic rings. The summed E-state index contributed by atoms with van der Waals surface area (Å²) in [6, 6.07) is 5.85. The largest absolute Gasteiger partial charge is 0.352 e. The van der Waals surface area contributed by atoms with E-state index in [9.17, 15) is 14.4 Å². The number of primary amides is 1. The molecule has 0 saturated carbocycles. The van der Waals surface area contributed by atoms with Crippen LogP contribution in [0.4, 0.5) is 10.5 Å². The van der Waals surface area contributed by atoms with Gasteiger partial charge in [-0.3, -0.25) is 9.59 Å². The van der Waals surface area contributed by atoms with Crippen molar-refractivity contribution in [3.8, 4) is 0 Å². The van der Waals surface area contributed by atoms with Gasteiger partial charge in [-0.05, 0) is 63.6 Å². The van der Waals surface area contributed by atoms with Crippen LogP contribution in [0.25, 0.3) is 0 Å². The molecule has 8 heteroatoms. The number of carbonyl (C=O) groups excluding carboxylic acids is 3. The second kappa shape index (κ2) is 11.1. The second-order valence-electron chi connectivity index (χ2n) is 9.93. The summed E-state index contributed by atoms with van der Waals surface area (Å²) in [4.78, 5) is 36.4. The highest BCUT2D eigenvalue weighted by molar-refractivity contribution is 5.97. The first-order valence-corrected chi connectivity index (χ1v) is 10.7. The van der Waals surface area contributed by atoms with E-state index < -0.39 is 18.1 Å². The van der Waals surface area contributed by atoms with Crippen molar-refractivity contribution in [2.75, 3.05) is 11.9 Å². The number of urea groups is 1. The van der Waals surface area contributed by atoms with Crippen LogP contribution in [0.5, 0.6) is 0 Å². The third kappa shape index (κ3) is 10.3. The molecule has 31 heavy (non-hydrogen) atoms. The van der Waals surface area contributed by atoms with Gasteiger partial charge in [0.2, 0.25) is 11.8 Å². The zero-order valence-electron chi connectivity index (χ0n) is 19.9. The highest BCUT2D eigenvalue weighted by Crippen LogP contribution is 2.23. The number of carbonyl (C=O) groups is 3. The molecule has 4 amide bonds. The predicted molar refractivity (Wildman–Crippen MR) is 125 cm³/mol. The number of anilines is 1. The lowest BCUT2D eigenvalue weighted by atomic mass is 9.87. The maximum absolute atomic E-state index is 12.9. The number of rotatable bonds is 9. The maximum Gasteiger partial charge on any atom is 0.312 e. The second-order valence-corrected chi connectivity index (χ2v) is 9.93. The summed E-state index contributed by atoms with van der Waals surface area (Å²) in [5.74, 6) is -0.570. The van der Waals surface area contributed by atoms with E-state index in [4.69, 9.17) is 5.73 Å². The minimum Gasteiger partial charge on any atom is -0.352 e. The maximum atomic E-state index is 12.9. The van der Waals surface area contributed by atoms with Crippen molar-refractivity contribution in [3.63, 3.8) is 0 Å². The lowest BCUT2D eigenvalue weighted by Gasteiger charge is -2.27. The lowest BCUT2D eigenvalue weighted by Crippen LogP contribution is -2.54. The van der Waals surface area contributed by atoms with Gasteiger partial charge in [0.15, 0.2) is 0 Å². The molecule has 0 heterocycles. The molecule has 174 valence electrons. The average Bonchev–Trinajstić information content (AvgIpc) is 2.62. The Hall–Kier alpha value is -2.61. The summed E-state index contributed by atoms with van der Waals surface area (Å²) in [5, 5.41) is 11.4. The van der Waals surface area contributed by atoms with Gasteiger partial charge in [-0.25, -0.2) is 4.79 Å². The topological polar surface area (TPSA) is 125 Å². The van der Waals surface area contributed by atoms with Crippen LogP contribution in [0.3, 0.4) is 0 Å². The first-order chi connectivity index (χ1) is 14.2. The highest BCUT2D eigenvalue weighted by atomic mass is 16.2. The molecule has 1 rings (SSSR count). The Morgan fingerprint density at radius 3 is 2.03 bits per heavy atom. The first kappa shape index (κ1) is 26.4. The van der Waals surface area contributed by atoms with Crippen molar-refractivity contribution >= 4 is 23.5 Å². The Labute approximate surface area is 186 Å². The fourth-order valence-corrected chi connectivity index (χ4v) is 3.08. The van der Waals surface area contributed by atoms with Crippen LogP contribution in [0.2, 0.25) is 0 Å². The van der Waals surface area contributed by atoms with Crippen LogP contribution in [0.15, 0.2) is 24.3 Å². The molecule has 0 aromatic heterocycles. The molecule has 1 aromatic carbocycles. The van der Waals surface area contributed by atoms with Crippen molar-refractivity contribution in [3.05, 3.63) is 29.8 Å². The van der Waals surface area contributed by atoms with Gasteiger partial charge < -0.3 is 27.0 Å². The Kier molecular flexibility index (Phi) is 9.49. The van der Waals surface area contributed by atoms with Crippen molar-refractivity contribution in [1.29, 1.82) is 0 Å². The summed E-state index contributed by atoms with van der Waals surface area (Å²) in [6.07, 6.45) is 0.853. The van der Waals surface area contributed by atoms with E-state index in [1.165, 1.54) is 0 Å². The SMILES string of the molecule is C[C@H](NC(C)(C)C)C(=O)N[C@@H](CCCNC(N)=O)C(=O)Nc1ccc(C(C)(C)C)cc1. The van der Waals surface area contributed by atoms with Gasteiger partial charge in [0.25, 0.3) is 0 Å². The van der Waals surface area contributed by atoms with Gasteiger partial charge in [-0.1, -0.05) is 32.9 Å².